The molecule has 1 aliphatic rings. The van der Waals surface area contributed by atoms with Gasteiger partial charge >= 0.3 is 0 Å². The minimum absolute atomic E-state index is 0.111. The quantitative estimate of drug-likeness (QED) is 0.651. The van der Waals surface area contributed by atoms with Crippen LogP contribution in [0.25, 0.3) is 0 Å². The van der Waals surface area contributed by atoms with Crippen LogP contribution in [0.3, 0.4) is 0 Å². The average Bonchev–Trinajstić information content (AvgIpc) is 2.93. The number of aromatic nitrogens is 1. The highest BCUT2D eigenvalue weighted by Crippen LogP contribution is 2.12. The molecule has 1 fully saturated rings. The molecule has 0 atom stereocenters. The molecule has 1 amide bonds. The van der Waals surface area contributed by atoms with E-state index in [0.29, 0.717) is 18.2 Å². The van der Waals surface area contributed by atoms with Crippen LogP contribution in [0.1, 0.15) is 0 Å². The van der Waals surface area contributed by atoms with Gasteiger partial charge in [0.1, 0.15) is 11.6 Å². The minimum atomic E-state index is -0.223. The van der Waals surface area contributed by atoms with Gasteiger partial charge < -0.3 is 15.1 Å². The number of piperazine rings is 1. The number of nitriles is 1. The normalized spacial score (nSPS) is 17.1. The van der Waals surface area contributed by atoms with E-state index in [9.17, 15) is 4.79 Å². The lowest BCUT2D eigenvalue weighted by Crippen LogP contribution is -2.47. The van der Waals surface area contributed by atoms with Crippen molar-refractivity contribution in [3.63, 3.8) is 0 Å². The highest BCUT2D eigenvalue weighted by Gasteiger charge is 2.22. The van der Waals surface area contributed by atoms with Crippen molar-refractivity contribution in [2.45, 2.75) is 0 Å². The van der Waals surface area contributed by atoms with Crippen LogP contribution in [-0.2, 0) is 4.79 Å². The second kappa shape index (κ2) is 6.31. The lowest BCUT2D eigenvalue weighted by molar-refractivity contribution is -0.128. The summed E-state index contributed by atoms with van der Waals surface area (Å²) < 4.78 is 0. The molecule has 7 heteroatoms. The summed E-state index contributed by atoms with van der Waals surface area (Å²) in [7, 11) is 2.02. The Balaban J connectivity index is 1.99. The van der Waals surface area contributed by atoms with Crippen molar-refractivity contribution in [2.75, 3.05) is 38.5 Å². The molecular formula is C12H15N5OS. The van der Waals surface area contributed by atoms with Crippen molar-refractivity contribution < 1.29 is 4.79 Å². The summed E-state index contributed by atoms with van der Waals surface area (Å²) in [4.78, 5) is 20.0. The lowest BCUT2D eigenvalue weighted by Gasteiger charge is -2.32. The van der Waals surface area contributed by atoms with Crippen LogP contribution in [0, 0.1) is 11.3 Å². The van der Waals surface area contributed by atoms with E-state index < -0.39 is 0 Å². The van der Waals surface area contributed by atoms with Gasteiger partial charge in [-0.15, -0.1) is 11.3 Å². The second-order valence-electron chi connectivity index (χ2n) is 4.25. The fourth-order valence-corrected chi connectivity index (χ4v) is 2.25. The van der Waals surface area contributed by atoms with Crippen LogP contribution < -0.4 is 5.32 Å². The molecule has 0 spiro atoms. The van der Waals surface area contributed by atoms with Crippen molar-refractivity contribution in [1.82, 2.24) is 14.8 Å². The number of amides is 1. The van der Waals surface area contributed by atoms with Gasteiger partial charge in [-0.2, -0.15) is 5.26 Å². The molecule has 1 N–H and O–H groups in total. The lowest BCUT2D eigenvalue weighted by atomic mass is 10.2. The van der Waals surface area contributed by atoms with E-state index in [1.165, 1.54) is 17.5 Å². The molecule has 0 unspecified atom stereocenters. The van der Waals surface area contributed by atoms with E-state index in [1.807, 2.05) is 18.5 Å². The van der Waals surface area contributed by atoms with Crippen LogP contribution in [0.4, 0.5) is 5.13 Å². The van der Waals surface area contributed by atoms with Gasteiger partial charge in [0.2, 0.25) is 0 Å². The first kappa shape index (κ1) is 13.5. The Kier molecular flexibility index (Phi) is 4.49. The Morgan fingerprint density at radius 3 is 2.84 bits per heavy atom. The van der Waals surface area contributed by atoms with Crippen molar-refractivity contribution >= 4 is 22.4 Å². The zero-order valence-electron chi connectivity index (χ0n) is 10.7. The highest BCUT2D eigenvalue weighted by atomic mass is 32.1. The van der Waals surface area contributed by atoms with Crippen LogP contribution >= 0.6 is 11.3 Å². The third-order valence-corrected chi connectivity index (χ3v) is 3.62. The Hall–Kier alpha value is -1.91. The number of carbonyl (C=O) groups excluding carboxylic acids is 1. The van der Waals surface area contributed by atoms with Gasteiger partial charge in [-0.05, 0) is 7.05 Å². The SMILES string of the molecule is CN1CCN(C(=O)/C(C#N)=C\Nc2nccs2)CC1. The summed E-state index contributed by atoms with van der Waals surface area (Å²) in [5.74, 6) is -0.223. The van der Waals surface area contributed by atoms with Crippen LogP contribution in [-0.4, -0.2) is 53.9 Å². The van der Waals surface area contributed by atoms with E-state index in [1.54, 1.807) is 11.1 Å². The Morgan fingerprint density at radius 1 is 1.53 bits per heavy atom. The molecule has 0 saturated carbocycles. The monoisotopic (exact) mass is 277 g/mol. The number of hydrogen-bond acceptors (Lipinski definition) is 6. The summed E-state index contributed by atoms with van der Waals surface area (Å²) >= 11 is 1.42. The molecule has 100 valence electrons. The minimum Gasteiger partial charge on any atom is -0.337 e. The van der Waals surface area contributed by atoms with Gasteiger partial charge in [-0.3, -0.25) is 4.79 Å². The summed E-state index contributed by atoms with van der Waals surface area (Å²) in [6, 6.07) is 1.94. The van der Waals surface area contributed by atoms with Gasteiger partial charge in [-0.1, -0.05) is 0 Å². The van der Waals surface area contributed by atoms with E-state index in [0.717, 1.165) is 13.1 Å². The predicted molar refractivity (Wildman–Crippen MR) is 73.5 cm³/mol. The fourth-order valence-electron chi connectivity index (χ4n) is 1.75. The molecule has 2 rings (SSSR count). The number of hydrogen-bond donors (Lipinski definition) is 1. The number of rotatable bonds is 3. The van der Waals surface area contributed by atoms with E-state index in [2.05, 4.69) is 15.2 Å². The molecule has 0 aromatic carbocycles. The number of likely N-dealkylation sites (N-methyl/N-ethyl adjacent to an activating group) is 1. The summed E-state index contributed by atoms with van der Waals surface area (Å²) in [5.41, 5.74) is 0.111. The maximum atomic E-state index is 12.2. The molecular weight excluding hydrogens is 262 g/mol. The average molecular weight is 277 g/mol. The molecule has 19 heavy (non-hydrogen) atoms. The van der Waals surface area contributed by atoms with Crippen molar-refractivity contribution in [3.05, 3.63) is 23.3 Å². The molecule has 1 aliphatic heterocycles. The number of thiazole rings is 1. The first-order chi connectivity index (χ1) is 9.20. The number of nitrogens with zero attached hydrogens (tertiary/aromatic N) is 4. The number of carbonyl (C=O) groups is 1. The first-order valence-corrected chi connectivity index (χ1v) is 6.83. The predicted octanol–water partition coefficient (Wildman–Crippen LogP) is 0.736. The molecule has 0 radical (unpaired) electrons. The third-order valence-electron chi connectivity index (χ3n) is 2.91. The summed E-state index contributed by atoms with van der Waals surface area (Å²) in [5, 5.41) is 14.4. The van der Waals surface area contributed by atoms with E-state index in [4.69, 9.17) is 5.26 Å². The molecule has 1 aromatic heterocycles. The molecule has 2 heterocycles. The zero-order chi connectivity index (χ0) is 13.7. The van der Waals surface area contributed by atoms with Gasteiger partial charge in [0, 0.05) is 44.0 Å². The Morgan fingerprint density at radius 2 is 2.26 bits per heavy atom. The maximum Gasteiger partial charge on any atom is 0.266 e. The standard InChI is InChI=1S/C12H15N5OS/c1-16-3-5-17(6-4-16)11(18)10(8-13)9-15-12-14-2-7-19-12/h2,7,9H,3-6H2,1H3,(H,14,15)/b10-9-. The topological polar surface area (TPSA) is 72.3 Å². The first-order valence-electron chi connectivity index (χ1n) is 5.95. The second-order valence-corrected chi connectivity index (χ2v) is 5.14. The summed E-state index contributed by atoms with van der Waals surface area (Å²) in [6.07, 6.45) is 3.09. The van der Waals surface area contributed by atoms with Crippen molar-refractivity contribution in [2.24, 2.45) is 0 Å². The number of nitrogens with one attached hydrogen (secondary N) is 1. The summed E-state index contributed by atoms with van der Waals surface area (Å²) in [6.45, 7) is 2.99. The Labute approximate surface area is 116 Å². The zero-order valence-corrected chi connectivity index (χ0v) is 11.5. The van der Waals surface area contributed by atoms with Gasteiger partial charge in [0.25, 0.3) is 5.91 Å². The van der Waals surface area contributed by atoms with Gasteiger partial charge in [-0.25, -0.2) is 4.98 Å². The third kappa shape index (κ3) is 3.53. The van der Waals surface area contributed by atoms with Crippen LogP contribution in [0.15, 0.2) is 23.3 Å². The molecule has 0 bridgehead atoms. The van der Waals surface area contributed by atoms with Crippen LogP contribution in [0.5, 0.6) is 0 Å². The molecule has 0 aliphatic carbocycles. The largest absolute Gasteiger partial charge is 0.337 e. The number of anilines is 1. The fraction of sp³-hybridized carbons (Fsp3) is 0.417. The Bertz CT molecular complexity index is 497. The smallest absolute Gasteiger partial charge is 0.266 e. The van der Waals surface area contributed by atoms with Crippen LogP contribution in [0.2, 0.25) is 0 Å². The molecule has 6 nitrogen and oxygen atoms in total. The molecule has 1 saturated heterocycles. The van der Waals surface area contributed by atoms with Crippen molar-refractivity contribution in [3.8, 4) is 6.07 Å². The maximum absolute atomic E-state index is 12.2. The van der Waals surface area contributed by atoms with E-state index >= 15 is 0 Å². The highest BCUT2D eigenvalue weighted by molar-refractivity contribution is 7.13. The van der Waals surface area contributed by atoms with Gasteiger partial charge in [0.05, 0.1) is 0 Å². The van der Waals surface area contributed by atoms with Crippen molar-refractivity contribution in [1.29, 1.82) is 5.26 Å². The van der Waals surface area contributed by atoms with E-state index in [-0.39, 0.29) is 11.5 Å². The molecule has 1 aromatic rings. The van der Waals surface area contributed by atoms with Gasteiger partial charge in [0.15, 0.2) is 5.13 Å².